The van der Waals surface area contributed by atoms with Gasteiger partial charge in [-0.2, -0.15) is 0 Å². The first-order chi connectivity index (χ1) is 6.63. The van der Waals surface area contributed by atoms with Crippen molar-refractivity contribution in [1.29, 1.82) is 0 Å². The summed E-state index contributed by atoms with van der Waals surface area (Å²) in [6.45, 7) is 0. The maximum absolute atomic E-state index is 10.9. The van der Waals surface area contributed by atoms with Gasteiger partial charge in [0.05, 0.1) is 5.33 Å². The van der Waals surface area contributed by atoms with E-state index in [0.717, 1.165) is 0 Å². The molecule has 1 aromatic rings. The average molecular weight is 258 g/mol. The van der Waals surface area contributed by atoms with Gasteiger partial charge in [-0.1, -0.05) is 28.1 Å². The number of benzene rings is 1. The molecule has 0 saturated heterocycles. The minimum Gasteiger partial charge on any atom is -0.423 e. The van der Waals surface area contributed by atoms with Crippen LogP contribution in [0.5, 0.6) is 0 Å². The van der Waals surface area contributed by atoms with Crippen molar-refractivity contribution in [2.24, 2.45) is 0 Å². The van der Waals surface area contributed by atoms with Crippen LogP contribution < -0.4 is 10.8 Å². The highest BCUT2D eigenvalue weighted by molar-refractivity contribution is 9.09. The third kappa shape index (κ3) is 3.14. The molecule has 0 aromatic heterocycles. The quantitative estimate of drug-likeness (QED) is 0.515. The van der Waals surface area contributed by atoms with Gasteiger partial charge in [0, 0.05) is 5.69 Å². The summed E-state index contributed by atoms with van der Waals surface area (Å²) in [4.78, 5) is 10.9. The Hall–Kier alpha value is -0.845. The summed E-state index contributed by atoms with van der Waals surface area (Å²) in [6, 6.07) is 6.29. The SMILES string of the molecule is O=C(CBr)Nc1ccc(B(O)O)cc1. The summed E-state index contributed by atoms with van der Waals surface area (Å²) >= 11 is 3.02. The molecule has 0 radical (unpaired) electrons. The molecule has 0 bridgehead atoms. The summed E-state index contributed by atoms with van der Waals surface area (Å²) in [5, 5.41) is 20.4. The maximum Gasteiger partial charge on any atom is 0.488 e. The third-order valence-corrected chi connectivity index (χ3v) is 2.12. The van der Waals surface area contributed by atoms with Crippen LogP contribution in [0.25, 0.3) is 0 Å². The molecule has 0 unspecified atom stereocenters. The Morgan fingerprint density at radius 2 is 1.93 bits per heavy atom. The molecule has 1 aromatic carbocycles. The van der Waals surface area contributed by atoms with Crippen molar-refractivity contribution in [3.05, 3.63) is 24.3 Å². The Balaban J connectivity index is 2.69. The van der Waals surface area contributed by atoms with Crippen molar-refractivity contribution in [2.45, 2.75) is 0 Å². The monoisotopic (exact) mass is 257 g/mol. The number of hydrogen-bond acceptors (Lipinski definition) is 3. The number of nitrogens with one attached hydrogen (secondary N) is 1. The van der Waals surface area contributed by atoms with Crippen LogP contribution in [-0.2, 0) is 4.79 Å². The zero-order chi connectivity index (χ0) is 10.6. The van der Waals surface area contributed by atoms with Gasteiger partial charge in [-0.15, -0.1) is 0 Å². The summed E-state index contributed by atoms with van der Waals surface area (Å²) in [7, 11) is -1.48. The molecule has 74 valence electrons. The lowest BCUT2D eigenvalue weighted by atomic mass is 9.80. The summed E-state index contributed by atoms with van der Waals surface area (Å²) in [6.07, 6.45) is 0. The fraction of sp³-hybridized carbons (Fsp3) is 0.125. The normalized spacial score (nSPS) is 9.64. The van der Waals surface area contributed by atoms with Gasteiger partial charge in [0.2, 0.25) is 5.91 Å². The zero-order valence-corrected chi connectivity index (χ0v) is 8.86. The fourth-order valence-electron chi connectivity index (χ4n) is 0.933. The lowest BCUT2D eigenvalue weighted by Gasteiger charge is -2.04. The van der Waals surface area contributed by atoms with E-state index in [-0.39, 0.29) is 11.2 Å². The maximum atomic E-state index is 10.9. The molecule has 3 N–H and O–H groups in total. The summed E-state index contributed by atoms with van der Waals surface area (Å²) in [5.74, 6) is -0.151. The number of amides is 1. The number of carbonyl (C=O) groups is 1. The van der Waals surface area contributed by atoms with E-state index in [2.05, 4.69) is 21.2 Å². The first-order valence-electron chi connectivity index (χ1n) is 3.95. The van der Waals surface area contributed by atoms with Gasteiger partial charge >= 0.3 is 7.12 Å². The minimum atomic E-state index is -1.48. The van der Waals surface area contributed by atoms with Crippen molar-refractivity contribution in [3.8, 4) is 0 Å². The lowest BCUT2D eigenvalue weighted by Crippen LogP contribution is -2.29. The molecule has 1 amide bonds. The van der Waals surface area contributed by atoms with Gasteiger partial charge in [0.15, 0.2) is 0 Å². The van der Waals surface area contributed by atoms with Crippen LogP contribution in [0, 0.1) is 0 Å². The van der Waals surface area contributed by atoms with E-state index in [1.807, 2.05) is 0 Å². The van der Waals surface area contributed by atoms with E-state index in [0.29, 0.717) is 11.2 Å². The van der Waals surface area contributed by atoms with Crippen molar-refractivity contribution in [1.82, 2.24) is 0 Å². The second kappa shape index (κ2) is 5.14. The number of hydrogen-bond donors (Lipinski definition) is 3. The smallest absolute Gasteiger partial charge is 0.423 e. The van der Waals surface area contributed by atoms with Gasteiger partial charge in [-0.25, -0.2) is 0 Å². The number of carbonyl (C=O) groups excluding carboxylic acids is 1. The predicted molar refractivity (Wildman–Crippen MR) is 58.7 cm³/mol. The van der Waals surface area contributed by atoms with Crippen LogP contribution in [0.4, 0.5) is 5.69 Å². The van der Waals surface area contributed by atoms with Crippen LogP contribution in [0.1, 0.15) is 0 Å². The number of anilines is 1. The first kappa shape index (κ1) is 11.2. The highest BCUT2D eigenvalue weighted by Crippen LogP contribution is 2.04. The van der Waals surface area contributed by atoms with Crippen LogP contribution in [-0.4, -0.2) is 28.4 Å². The Labute approximate surface area is 90.2 Å². The van der Waals surface area contributed by atoms with Crippen LogP contribution in [0.2, 0.25) is 0 Å². The molecule has 0 atom stereocenters. The van der Waals surface area contributed by atoms with E-state index >= 15 is 0 Å². The van der Waals surface area contributed by atoms with Gasteiger partial charge in [0.25, 0.3) is 0 Å². The molecule has 0 spiro atoms. The average Bonchev–Trinajstić information content (AvgIpc) is 2.18. The largest absolute Gasteiger partial charge is 0.488 e. The second-order valence-electron chi connectivity index (χ2n) is 2.68. The van der Waals surface area contributed by atoms with E-state index in [9.17, 15) is 4.79 Å². The molecule has 14 heavy (non-hydrogen) atoms. The fourth-order valence-corrected chi connectivity index (χ4v) is 1.07. The molecular formula is C8H9BBrNO3. The molecule has 0 aliphatic rings. The molecular weight excluding hydrogens is 249 g/mol. The standard InChI is InChI=1S/C8H9BBrNO3/c10-5-8(12)11-7-3-1-6(2-4-7)9(13)14/h1-4,13-14H,5H2,(H,11,12). The molecule has 0 fully saturated rings. The highest BCUT2D eigenvalue weighted by Gasteiger charge is 2.09. The van der Waals surface area contributed by atoms with Crippen LogP contribution in [0.3, 0.4) is 0 Å². The molecule has 0 aliphatic heterocycles. The molecule has 6 heteroatoms. The van der Waals surface area contributed by atoms with Gasteiger partial charge in [0.1, 0.15) is 0 Å². The summed E-state index contributed by atoms with van der Waals surface area (Å²) < 4.78 is 0. The number of rotatable bonds is 3. The van der Waals surface area contributed by atoms with Crippen LogP contribution >= 0.6 is 15.9 Å². The topological polar surface area (TPSA) is 69.6 Å². The van der Waals surface area contributed by atoms with Gasteiger partial charge < -0.3 is 15.4 Å². The molecule has 0 heterocycles. The Morgan fingerprint density at radius 1 is 1.36 bits per heavy atom. The Kier molecular flexibility index (Phi) is 4.12. The van der Waals surface area contributed by atoms with E-state index in [4.69, 9.17) is 10.0 Å². The van der Waals surface area contributed by atoms with Crippen molar-refractivity contribution >= 4 is 40.1 Å². The second-order valence-corrected chi connectivity index (χ2v) is 3.24. The lowest BCUT2D eigenvalue weighted by molar-refractivity contribution is -0.113. The Morgan fingerprint density at radius 3 is 2.36 bits per heavy atom. The van der Waals surface area contributed by atoms with Crippen molar-refractivity contribution in [2.75, 3.05) is 10.6 Å². The molecule has 0 saturated carbocycles. The zero-order valence-electron chi connectivity index (χ0n) is 7.27. The molecule has 0 aliphatic carbocycles. The molecule has 1 rings (SSSR count). The van der Waals surface area contributed by atoms with E-state index in [1.54, 1.807) is 12.1 Å². The third-order valence-electron chi connectivity index (χ3n) is 1.61. The first-order valence-corrected chi connectivity index (χ1v) is 5.07. The van der Waals surface area contributed by atoms with Gasteiger partial charge in [-0.05, 0) is 17.6 Å². The minimum absolute atomic E-state index is 0.151. The van der Waals surface area contributed by atoms with Crippen LogP contribution in [0.15, 0.2) is 24.3 Å². The number of alkyl halides is 1. The highest BCUT2D eigenvalue weighted by atomic mass is 79.9. The predicted octanol–water partition coefficient (Wildman–Crippen LogP) is -0.300. The van der Waals surface area contributed by atoms with E-state index in [1.165, 1.54) is 12.1 Å². The number of halogens is 1. The van der Waals surface area contributed by atoms with Crippen molar-refractivity contribution in [3.63, 3.8) is 0 Å². The Bertz CT molecular complexity index is 315. The molecule has 4 nitrogen and oxygen atoms in total. The van der Waals surface area contributed by atoms with E-state index < -0.39 is 7.12 Å². The summed E-state index contributed by atoms with van der Waals surface area (Å²) in [5.41, 5.74) is 1.01. The van der Waals surface area contributed by atoms with Gasteiger partial charge in [-0.3, -0.25) is 4.79 Å². The van der Waals surface area contributed by atoms with Crippen molar-refractivity contribution < 1.29 is 14.8 Å².